The molecule has 1 saturated carbocycles. The quantitative estimate of drug-likeness (QED) is 0.379. The monoisotopic (exact) mass is 601 g/mol. The van der Waals surface area contributed by atoms with Crippen molar-refractivity contribution < 1.29 is 31.2 Å². The van der Waals surface area contributed by atoms with Gasteiger partial charge in [0, 0.05) is 12.6 Å². The maximum absolute atomic E-state index is 13.8. The Kier molecular flexibility index (Phi) is 10.5. The maximum atomic E-state index is 13.8. The predicted octanol–water partition coefficient (Wildman–Crippen LogP) is 5.69. The molecular weight excluding hydrogens is 567 g/mol. The molecule has 1 aliphatic rings. The Hall–Kier alpha value is -2.79. The van der Waals surface area contributed by atoms with Gasteiger partial charge in [-0.1, -0.05) is 62.1 Å². The van der Waals surface area contributed by atoms with E-state index in [4.69, 9.17) is 11.6 Å². The molecule has 0 aliphatic heterocycles. The number of amides is 2. The molecular formula is C28H35ClF3N3O4S. The molecule has 0 heterocycles. The van der Waals surface area contributed by atoms with Crippen LogP contribution in [0.25, 0.3) is 0 Å². The molecule has 2 aromatic rings. The van der Waals surface area contributed by atoms with E-state index in [0.717, 1.165) is 61.6 Å². The first-order valence-corrected chi connectivity index (χ1v) is 15.4. The lowest BCUT2D eigenvalue weighted by Gasteiger charge is -2.34. The average molecular weight is 602 g/mol. The summed E-state index contributed by atoms with van der Waals surface area (Å²) in [6.45, 7) is 2.84. The maximum Gasteiger partial charge on any atom is 0.417 e. The van der Waals surface area contributed by atoms with Gasteiger partial charge in [0.25, 0.3) is 0 Å². The number of aryl methyl sites for hydroxylation is 1. The molecule has 0 unspecified atom stereocenters. The molecule has 0 aromatic heterocycles. The van der Waals surface area contributed by atoms with E-state index in [-0.39, 0.29) is 30.6 Å². The summed E-state index contributed by atoms with van der Waals surface area (Å²) in [5, 5.41) is 2.45. The van der Waals surface area contributed by atoms with Gasteiger partial charge < -0.3 is 10.2 Å². The number of benzene rings is 2. The number of nitrogens with zero attached hydrogens (tertiary/aromatic N) is 2. The van der Waals surface area contributed by atoms with E-state index < -0.39 is 45.3 Å². The average Bonchev–Trinajstić information content (AvgIpc) is 2.88. The second-order valence-electron chi connectivity index (χ2n) is 10.1. The molecule has 0 radical (unpaired) electrons. The fourth-order valence-electron chi connectivity index (χ4n) is 4.93. The number of sulfonamides is 1. The van der Waals surface area contributed by atoms with E-state index in [1.807, 2.05) is 25.1 Å². The van der Waals surface area contributed by atoms with Crippen molar-refractivity contribution in [2.45, 2.75) is 77.2 Å². The molecule has 3 rings (SSSR count). The van der Waals surface area contributed by atoms with Crippen LogP contribution in [0.15, 0.2) is 42.5 Å². The highest BCUT2D eigenvalue weighted by Crippen LogP contribution is 2.37. The van der Waals surface area contributed by atoms with Crippen LogP contribution in [0.5, 0.6) is 0 Å². The highest BCUT2D eigenvalue weighted by atomic mass is 35.5. The summed E-state index contributed by atoms with van der Waals surface area (Å²) in [4.78, 5) is 28.6. The van der Waals surface area contributed by atoms with E-state index in [1.54, 1.807) is 13.0 Å². The summed E-state index contributed by atoms with van der Waals surface area (Å²) in [6, 6.07) is 9.05. The molecule has 2 aromatic carbocycles. The van der Waals surface area contributed by atoms with E-state index in [0.29, 0.717) is 10.4 Å². The third-order valence-corrected chi connectivity index (χ3v) is 8.63. The van der Waals surface area contributed by atoms with Crippen LogP contribution >= 0.6 is 11.6 Å². The lowest BCUT2D eigenvalue weighted by atomic mass is 9.95. The number of halogens is 4. The van der Waals surface area contributed by atoms with Crippen LogP contribution in [-0.4, -0.2) is 50.0 Å². The van der Waals surface area contributed by atoms with Crippen molar-refractivity contribution in [1.82, 2.24) is 10.2 Å². The van der Waals surface area contributed by atoms with Gasteiger partial charge in [-0.15, -0.1) is 0 Å². The van der Waals surface area contributed by atoms with Gasteiger partial charge in [-0.3, -0.25) is 13.9 Å². The number of carbonyl (C=O) groups excluding carboxylic acids is 2. The molecule has 7 nitrogen and oxygen atoms in total. The Labute approximate surface area is 238 Å². The zero-order valence-electron chi connectivity index (χ0n) is 22.8. The van der Waals surface area contributed by atoms with Gasteiger partial charge >= 0.3 is 6.18 Å². The molecule has 1 N–H and O–H groups in total. The zero-order chi connectivity index (χ0) is 29.7. The second kappa shape index (κ2) is 13.2. The van der Waals surface area contributed by atoms with Gasteiger partial charge in [0.05, 0.1) is 22.5 Å². The van der Waals surface area contributed by atoms with Crippen molar-refractivity contribution in [3.05, 3.63) is 64.2 Å². The second-order valence-corrected chi connectivity index (χ2v) is 12.5. The first-order valence-electron chi connectivity index (χ1n) is 13.2. The fraction of sp³-hybridized carbons (Fsp3) is 0.500. The first kappa shape index (κ1) is 31.7. The molecule has 40 heavy (non-hydrogen) atoms. The van der Waals surface area contributed by atoms with Gasteiger partial charge in [0.1, 0.15) is 12.6 Å². The summed E-state index contributed by atoms with van der Waals surface area (Å²) < 4.78 is 66.7. The van der Waals surface area contributed by atoms with E-state index in [1.165, 1.54) is 4.90 Å². The van der Waals surface area contributed by atoms with E-state index >= 15 is 0 Å². The van der Waals surface area contributed by atoms with Crippen molar-refractivity contribution in [2.75, 3.05) is 17.1 Å². The van der Waals surface area contributed by atoms with Crippen molar-refractivity contribution >= 4 is 39.1 Å². The number of anilines is 1. The van der Waals surface area contributed by atoms with Gasteiger partial charge in [-0.2, -0.15) is 13.2 Å². The third-order valence-electron chi connectivity index (χ3n) is 7.16. The van der Waals surface area contributed by atoms with Gasteiger partial charge in [-0.05, 0) is 55.5 Å². The van der Waals surface area contributed by atoms with Crippen molar-refractivity contribution in [1.29, 1.82) is 0 Å². The number of hydrogen-bond acceptors (Lipinski definition) is 4. The third kappa shape index (κ3) is 8.13. The van der Waals surface area contributed by atoms with E-state index in [2.05, 4.69) is 5.32 Å². The Balaban J connectivity index is 1.98. The molecule has 2 amide bonds. The minimum atomic E-state index is -4.83. The fourth-order valence-corrected chi connectivity index (χ4v) is 6.00. The lowest BCUT2D eigenvalue weighted by Crippen LogP contribution is -2.54. The van der Waals surface area contributed by atoms with Crippen LogP contribution in [0.4, 0.5) is 18.9 Å². The number of alkyl halides is 3. The van der Waals surface area contributed by atoms with Crippen LogP contribution in [-0.2, 0) is 32.3 Å². The van der Waals surface area contributed by atoms with Crippen LogP contribution in [0, 0.1) is 6.92 Å². The molecule has 0 saturated heterocycles. The predicted molar refractivity (Wildman–Crippen MR) is 149 cm³/mol. The van der Waals surface area contributed by atoms with Crippen molar-refractivity contribution in [2.24, 2.45) is 0 Å². The van der Waals surface area contributed by atoms with Crippen LogP contribution in [0.2, 0.25) is 5.02 Å². The molecule has 0 bridgehead atoms. The topological polar surface area (TPSA) is 86.8 Å². The number of carbonyl (C=O) groups is 2. The summed E-state index contributed by atoms with van der Waals surface area (Å²) >= 11 is 5.73. The Bertz CT molecular complexity index is 1310. The molecule has 12 heteroatoms. The first-order chi connectivity index (χ1) is 18.7. The summed E-state index contributed by atoms with van der Waals surface area (Å²) in [6.07, 6.45) is 1.01. The lowest BCUT2D eigenvalue weighted by molar-refractivity contribution is -0.140. The molecule has 1 fully saturated rings. The Morgan fingerprint density at radius 1 is 1.10 bits per heavy atom. The number of rotatable bonds is 10. The molecule has 0 spiro atoms. The summed E-state index contributed by atoms with van der Waals surface area (Å²) in [5.74, 6) is -1.06. The summed E-state index contributed by atoms with van der Waals surface area (Å²) in [5.41, 5.74) is 0.0535. The highest BCUT2D eigenvalue weighted by molar-refractivity contribution is 7.92. The number of hydrogen-bond donors (Lipinski definition) is 1. The molecule has 1 aliphatic carbocycles. The molecule has 1 atom stereocenters. The summed E-state index contributed by atoms with van der Waals surface area (Å²) in [7, 11) is -4.20. The Morgan fingerprint density at radius 2 is 1.75 bits per heavy atom. The van der Waals surface area contributed by atoms with Crippen LogP contribution < -0.4 is 9.62 Å². The normalized spacial score (nSPS) is 15.4. The van der Waals surface area contributed by atoms with Gasteiger partial charge in [0.2, 0.25) is 21.8 Å². The standard InChI is InChI=1S/C28H35ClF3N3O4S/c1-4-25(27(37)33-21-12-6-5-7-13-21)34(17-20-11-9-8-10-19(20)2)26(36)18-35(40(3,38)39)22-14-15-24(29)23(16-22)28(30,31)32/h8-11,14-16,21,25H,4-7,12-13,17-18H2,1-3H3,(H,33,37)/t25-/m0/s1. The highest BCUT2D eigenvalue weighted by Gasteiger charge is 2.36. The van der Waals surface area contributed by atoms with Crippen LogP contribution in [0.3, 0.4) is 0 Å². The van der Waals surface area contributed by atoms with E-state index in [9.17, 15) is 31.2 Å². The number of nitrogens with one attached hydrogen (secondary N) is 1. The van der Waals surface area contributed by atoms with Gasteiger partial charge in [0.15, 0.2) is 0 Å². The molecule has 220 valence electrons. The largest absolute Gasteiger partial charge is 0.417 e. The van der Waals surface area contributed by atoms with Crippen LogP contribution in [0.1, 0.15) is 62.1 Å². The van der Waals surface area contributed by atoms with Crippen molar-refractivity contribution in [3.63, 3.8) is 0 Å². The van der Waals surface area contributed by atoms with Gasteiger partial charge in [-0.25, -0.2) is 8.42 Å². The smallest absolute Gasteiger partial charge is 0.352 e. The SMILES string of the molecule is CC[C@@H](C(=O)NC1CCCCC1)N(Cc1ccccc1C)C(=O)CN(c1ccc(Cl)c(C(F)(F)F)c1)S(C)(=O)=O. The minimum absolute atomic E-state index is 0.00640. The Morgan fingerprint density at radius 3 is 2.33 bits per heavy atom. The minimum Gasteiger partial charge on any atom is -0.352 e. The van der Waals surface area contributed by atoms with Crippen molar-refractivity contribution in [3.8, 4) is 0 Å². The zero-order valence-corrected chi connectivity index (χ0v) is 24.4.